The number of anilines is 1. The highest BCUT2D eigenvalue weighted by Crippen LogP contribution is 2.27. The van der Waals surface area contributed by atoms with Crippen LogP contribution >= 0.6 is 0 Å². The van der Waals surface area contributed by atoms with E-state index in [0.29, 0.717) is 5.69 Å². The molecule has 0 amide bonds. The lowest BCUT2D eigenvalue weighted by Gasteiger charge is -2.02. The van der Waals surface area contributed by atoms with Gasteiger partial charge in [-0.15, -0.1) is 0 Å². The average molecular weight is 195 g/mol. The molecule has 3 N–H and O–H groups in total. The second-order valence-corrected chi connectivity index (χ2v) is 2.72. The number of halogens is 1. The number of fused-ring (bicyclic) bond motifs is 1. The number of phenols is 1. The molecule has 0 bridgehead atoms. The van der Waals surface area contributed by atoms with Crippen molar-refractivity contribution < 1.29 is 17.5 Å². The van der Waals surface area contributed by atoms with Gasteiger partial charge in [0, 0.05) is 16.5 Å². The molecule has 0 saturated heterocycles. The normalized spacial score (nSPS) is 9.54. The summed E-state index contributed by atoms with van der Waals surface area (Å²) in [7, 11) is 0. The zero-order chi connectivity index (χ0) is 8.55. The van der Waals surface area contributed by atoms with E-state index in [9.17, 15) is 5.11 Å². The molecule has 0 unspecified atom stereocenters. The maximum atomic E-state index is 9.44. The number of benzene rings is 2. The van der Waals surface area contributed by atoms with Crippen molar-refractivity contribution in [2.24, 2.45) is 0 Å². The second kappa shape index (κ2) is 3.54. The van der Waals surface area contributed by atoms with Crippen molar-refractivity contribution in [1.29, 1.82) is 0 Å². The predicted molar refractivity (Wildman–Crippen MR) is 50.0 cm³/mol. The molecule has 0 atom stereocenters. The zero-order valence-corrected chi connectivity index (χ0v) is 7.62. The minimum absolute atomic E-state index is 0. The lowest BCUT2D eigenvalue weighted by atomic mass is 10.1. The SMILES string of the molecule is Nc1cccc2c(O)cccc12.[Cl-]. The molecular weight excluding hydrogens is 186 g/mol. The summed E-state index contributed by atoms with van der Waals surface area (Å²) < 4.78 is 0. The van der Waals surface area contributed by atoms with Gasteiger partial charge >= 0.3 is 0 Å². The molecule has 0 spiro atoms. The molecule has 0 aliphatic carbocycles. The number of hydrogen-bond donors (Lipinski definition) is 2. The minimum Gasteiger partial charge on any atom is -1.00 e. The van der Waals surface area contributed by atoms with Crippen molar-refractivity contribution >= 4 is 16.5 Å². The topological polar surface area (TPSA) is 46.2 Å². The fourth-order valence-electron chi connectivity index (χ4n) is 1.32. The molecule has 0 fully saturated rings. The van der Waals surface area contributed by atoms with Crippen LogP contribution in [0.3, 0.4) is 0 Å². The first-order valence-corrected chi connectivity index (χ1v) is 3.75. The van der Waals surface area contributed by atoms with Gasteiger partial charge in [0.15, 0.2) is 0 Å². The first-order valence-electron chi connectivity index (χ1n) is 3.75. The minimum atomic E-state index is 0. The highest BCUT2D eigenvalue weighted by molar-refractivity contribution is 5.96. The molecule has 0 radical (unpaired) electrons. The van der Waals surface area contributed by atoms with Crippen LogP contribution in [-0.4, -0.2) is 5.11 Å². The van der Waals surface area contributed by atoms with E-state index in [4.69, 9.17) is 5.73 Å². The van der Waals surface area contributed by atoms with E-state index in [1.165, 1.54) is 0 Å². The number of rotatable bonds is 0. The highest BCUT2D eigenvalue weighted by Gasteiger charge is 1.99. The summed E-state index contributed by atoms with van der Waals surface area (Å²) in [5.74, 6) is 0.278. The summed E-state index contributed by atoms with van der Waals surface area (Å²) in [4.78, 5) is 0. The van der Waals surface area contributed by atoms with Gasteiger partial charge in [-0.2, -0.15) is 0 Å². The van der Waals surface area contributed by atoms with E-state index in [1.807, 2.05) is 24.3 Å². The Balaban J connectivity index is 0.000000845. The molecule has 13 heavy (non-hydrogen) atoms. The van der Waals surface area contributed by atoms with Crippen molar-refractivity contribution in [1.82, 2.24) is 0 Å². The Hall–Kier alpha value is -1.41. The zero-order valence-electron chi connectivity index (χ0n) is 6.87. The predicted octanol–water partition coefficient (Wildman–Crippen LogP) is -0.868. The van der Waals surface area contributed by atoms with Gasteiger partial charge in [-0.25, -0.2) is 0 Å². The van der Waals surface area contributed by atoms with E-state index in [2.05, 4.69) is 0 Å². The van der Waals surface area contributed by atoms with E-state index in [-0.39, 0.29) is 18.2 Å². The van der Waals surface area contributed by atoms with Crippen LogP contribution in [0.4, 0.5) is 5.69 Å². The Morgan fingerprint density at radius 3 is 2.23 bits per heavy atom. The molecule has 0 aliphatic rings. The Bertz CT molecular complexity index is 387. The molecule has 2 nitrogen and oxygen atoms in total. The van der Waals surface area contributed by atoms with E-state index in [0.717, 1.165) is 10.8 Å². The second-order valence-electron chi connectivity index (χ2n) is 2.72. The van der Waals surface area contributed by atoms with Gasteiger partial charge in [-0.05, 0) is 12.1 Å². The Labute approximate surface area is 82.4 Å². The molecule has 0 saturated carbocycles. The van der Waals surface area contributed by atoms with Crippen molar-refractivity contribution in [2.45, 2.75) is 0 Å². The molecule has 0 aromatic heterocycles. The fourth-order valence-corrected chi connectivity index (χ4v) is 1.32. The molecule has 0 aliphatic heterocycles. The first-order chi connectivity index (χ1) is 5.79. The summed E-state index contributed by atoms with van der Waals surface area (Å²) >= 11 is 0. The van der Waals surface area contributed by atoms with Crippen LogP contribution in [0.25, 0.3) is 10.8 Å². The fraction of sp³-hybridized carbons (Fsp3) is 0. The maximum absolute atomic E-state index is 9.44. The van der Waals surface area contributed by atoms with Gasteiger partial charge in [-0.1, -0.05) is 24.3 Å². The van der Waals surface area contributed by atoms with Crippen molar-refractivity contribution in [3.05, 3.63) is 36.4 Å². The van der Waals surface area contributed by atoms with Crippen molar-refractivity contribution in [2.75, 3.05) is 5.73 Å². The largest absolute Gasteiger partial charge is 1.00 e. The van der Waals surface area contributed by atoms with Crippen LogP contribution < -0.4 is 18.1 Å². The molecule has 0 heterocycles. The number of nitrogen functional groups attached to an aromatic ring is 1. The molecule has 68 valence electrons. The third kappa shape index (κ3) is 1.53. The monoisotopic (exact) mass is 194 g/mol. The van der Waals surface area contributed by atoms with Crippen LogP contribution in [0.2, 0.25) is 0 Å². The molecular formula is C10H9ClNO-. The summed E-state index contributed by atoms with van der Waals surface area (Å²) in [5.41, 5.74) is 6.41. The van der Waals surface area contributed by atoms with Crippen molar-refractivity contribution in [3.63, 3.8) is 0 Å². The summed E-state index contributed by atoms with van der Waals surface area (Å²) in [6, 6.07) is 10.8. The molecule has 2 rings (SSSR count). The number of phenolic OH excluding ortho intramolecular Hbond substituents is 1. The van der Waals surface area contributed by atoms with Gasteiger partial charge in [0.05, 0.1) is 0 Å². The van der Waals surface area contributed by atoms with Crippen molar-refractivity contribution in [3.8, 4) is 5.75 Å². The summed E-state index contributed by atoms with van der Waals surface area (Å²) in [6.45, 7) is 0. The van der Waals surface area contributed by atoms with Crippen LogP contribution in [0, 0.1) is 0 Å². The lowest BCUT2D eigenvalue weighted by molar-refractivity contribution is -0.00000335. The van der Waals surface area contributed by atoms with Crippen LogP contribution in [0.1, 0.15) is 0 Å². The highest BCUT2D eigenvalue weighted by atomic mass is 35.5. The number of nitrogens with two attached hydrogens (primary N) is 1. The van der Waals surface area contributed by atoms with Crippen LogP contribution in [-0.2, 0) is 0 Å². The number of hydrogen-bond acceptors (Lipinski definition) is 2. The van der Waals surface area contributed by atoms with Gasteiger partial charge in [0.1, 0.15) is 5.75 Å². The maximum Gasteiger partial charge on any atom is 0.123 e. The molecule has 2 aromatic rings. The average Bonchev–Trinajstić information content (AvgIpc) is 2.07. The number of aromatic hydroxyl groups is 1. The molecule has 3 heteroatoms. The van der Waals surface area contributed by atoms with Crippen LogP contribution in [0.5, 0.6) is 5.75 Å². The Morgan fingerprint density at radius 1 is 0.923 bits per heavy atom. The Morgan fingerprint density at radius 2 is 1.54 bits per heavy atom. The molecule has 2 aromatic carbocycles. The first kappa shape index (κ1) is 9.68. The smallest absolute Gasteiger partial charge is 0.123 e. The quantitative estimate of drug-likeness (QED) is 0.536. The van der Waals surface area contributed by atoms with E-state index in [1.54, 1.807) is 12.1 Å². The standard InChI is InChI=1S/C10H9NO.ClH/c11-9-5-1-4-8-7(9)3-2-6-10(8)12;/h1-6,12H,11H2;1H/p-1. The summed E-state index contributed by atoms with van der Waals surface area (Å²) in [6.07, 6.45) is 0. The van der Waals surface area contributed by atoms with Crippen LogP contribution in [0.15, 0.2) is 36.4 Å². The van der Waals surface area contributed by atoms with Gasteiger partial charge in [0.2, 0.25) is 0 Å². The van der Waals surface area contributed by atoms with E-state index < -0.39 is 0 Å². The Kier molecular flexibility index (Phi) is 2.63. The van der Waals surface area contributed by atoms with Gasteiger partial charge < -0.3 is 23.2 Å². The third-order valence-electron chi connectivity index (χ3n) is 1.93. The van der Waals surface area contributed by atoms with Gasteiger partial charge in [-0.3, -0.25) is 0 Å². The van der Waals surface area contributed by atoms with Gasteiger partial charge in [0.25, 0.3) is 0 Å². The summed E-state index contributed by atoms with van der Waals surface area (Å²) in [5, 5.41) is 11.1. The third-order valence-corrected chi connectivity index (χ3v) is 1.93. The lowest BCUT2D eigenvalue weighted by Crippen LogP contribution is -3.00. The van der Waals surface area contributed by atoms with E-state index >= 15 is 0 Å².